The quantitative estimate of drug-likeness (QED) is 0.806. The monoisotopic (exact) mass is 321 g/mol. The molecule has 2 aromatic rings. The molecule has 1 heterocycles. The van der Waals surface area contributed by atoms with Crippen LogP contribution in [0, 0.1) is 0 Å². The van der Waals surface area contributed by atoms with Crippen molar-refractivity contribution >= 4 is 11.6 Å². The van der Waals surface area contributed by atoms with E-state index in [1.54, 1.807) is 0 Å². The minimum absolute atomic E-state index is 0.105. The first-order valence-corrected chi connectivity index (χ1v) is 7.96. The highest BCUT2D eigenvalue weighted by Crippen LogP contribution is 2.32. The van der Waals surface area contributed by atoms with Crippen molar-refractivity contribution in [3.8, 4) is 17.0 Å². The standard InChI is InChI=1S/C17H24ClN3O/c1-6-20(4)11-14-10-19-21(5)17(14)13-7-8-16(15(18)9-13)22-12(2)3/h7-10,12H,6,11H2,1-5H3. The van der Waals surface area contributed by atoms with Gasteiger partial charge >= 0.3 is 0 Å². The lowest BCUT2D eigenvalue weighted by Crippen LogP contribution is -2.17. The molecule has 4 nitrogen and oxygen atoms in total. The number of ether oxygens (including phenoxy) is 1. The van der Waals surface area contributed by atoms with Crippen LogP contribution in [-0.4, -0.2) is 34.4 Å². The fourth-order valence-electron chi connectivity index (χ4n) is 2.37. The summed E-state index contributed by atoms with van der Waals surface area (Å²) in [6.07, 6.45) is 2.03. The van der Waals surface area contributed by atoms with Crippen molar-refractivity contribution in [2.24, 2.45) is 7.05 Å². The third-order valence-corrected chi connectivity index (χ3v) is 3.86. The summed E-state index contributed by atoms with van der Waals surface area (Å²) in [7, 11) is 4.06. The second-order valence-electron chi connectivity index (χ2n) is 5.78. The zero-order valence-corrected chi connectivity index (χ0v) is 14.7. The molecule has 22 heavy (non-hydrogen) atoms. The van der Waals surface area contributed by atoms with Gasteiger partial charge in [-0.25, -0.2) is 0 Å². The third-order valence-electron chi connectivity index (χ3n) is 3.56. The fourth-order valence-corrected chi connectivity index (χ4v) is 2.60. The summed E-state index contributed by atoms with van der Waals surface area (Å²) in [6.45, 7) is 7.98. The highest BCUT2D eigenvalue weighted by Gasteiger charge is 2.14. The molecule has 0 amide bonds. The lowest BCUT2D eigenvalue weighted by Gasteiger charge is -2.16. The topological polar surface area (TPSA) is 30.3 Å². The van der Waals surface area contributed by atoms with Crippen molar-refractivity contribution in [1.29, 1.82) is 0 Å². The first-order chi connectivity index (χ1) is 10.4. The van der Waals surface area contributed by atoms with E-state index in [0.717, 1.165) is 30.1 Å². The normalized spacial score (nSPS) is 11.5. The van der Waals surface area contributed by atoms with Crippen LogP contribution in [0.4, 0.5) is 0 Å². The van der Waals surface area contributed by atoms with Gasteiger partial charge < -0.3 is 9.64 Å². The van der Waals surface area contributed by atoms with E-state index in [0.29, 0.717) is 5.02 Å². The first kappa shape index (κ1) is 16.8. The van der Waals surface area contributed by atoms with Crippen molar-refractivity contribution in [3.05, 3.63) is 35.0 Å². The lowest BCUT2D eigenvalue weighted by molar-refractivity contribution is 0.242. The van der Waals surface area contributed by atoms with Gasteiger partial charge in [0.1, 0.15) is 5.75 Å². The van der Waals surface area contributed by atoms with Gasteiger partial charge in [0.2, 0.25) is 0 Å². The molecule has 0 N–H and O–H groups in total. The molecular formula is C17H24ClN3O. The average Bonchev–Trinajstić information content (AvgIpc) is 2.81. The molecule has 5 heteroatoms. The van der Waals surface area contributed by atoms with Crippen molar-refractivity contribution in [3.63, 3.8) is 0 Å². The number of halogens is 1. The van der Waals surface area contributed by atoms with E-state index in [2.05, 4.69) is 24.0 Å². The number of hydrogen-bond acceptors (Lipinski definition) is 3. The van der Waals surface area contributed by atoms with Gasteiger partial charge in [-0.1, -0.05) is 18.5 Å². The molecule has 0 radical (unpaired) electrons. The zero-order valence-electron chi connectivity index (χ0n) is 13.9. The van der Waals surface area contributed by atoms with E-state index in [1.165, 1.54) is 5.56 Å². The number of hydrogen-bond donors (Lipinski definition) is 0. The molecular weight excluding hydrogens is 298 g/mol. The van der Waals surface area contributed by atoms with E-state index >= 15 is 0 Å². The van der Waals surface area contributed by atoms with E-state index in [4.69, 9.17) is 16.3 Å². The van der Waals surface area contributed by atoms with E-state index in [9.17, 15) is 0 Å². The Morgan fingerprint density at radius 3 is 2.68 bits per heavy atom. The molecule has 0 bridgehead atoms. The van der Waals surface area contributed by atoms with Crippen LogP contribution < -0.4 is 4.74 Å². The highest BCUT2D eigenvalue weighted by atomic mass is 35.5. The van der Waals surface area contributed by atoms with Crippen LogP contribution in [0.1, 0.15) is 26.3 Å². The highest BCUT2D eigenvalue weighted by molar-refractivity contribution is 6.32. The smallest absolute Gasteiger partial charge is 0.138 e. The SMILES string of the molecule is CCN(C)Cc1cnn(C)c1-c1ccc(OC(C)C)c(Cl)c1. The molecule has 0 unspecified atom stereocenters. The maximum atomic E-state index is 6.36. The van der Waals surface area contributed by atoms with Gasteiger partial charge in [-0.2, -0.15) is 5.10 Å². The van der Waals surface area contributed by atoms with Crippen LogP contribution >= 0.6 is 11.6 Å². The summed E-state index contributed by atoms with van der Waals surface area (Å²) < 4.78 is 7.59. The second-order valence-corrected chi connectivity index (χ2v) is 6.19. The molecule has 120 valence electrons. The largest absolute Gasteiger partial charge is 0.489 e. The van der Waals surface area contributed by atoms with Crippen LogP contribution in [0.2, 0.25) is 5.02 Å². The lowest BCUT2D eigenvalue weighted by atomic mass is 10.1. The predicted molar refractivity (Wildman–Crippen MR) is 91.4 cm³/mol. The molecule has 0 aliphatic heterocycles. The van der Waals surface area contributed by atoms with Gasteiger partial charge in [0.15, 0.2) is 0 Å². The molecule has 0 spiro atoms. The minimum Gasteiger partial charge on any atom is -0.489 e. The molecule has 0 saturated heterocycles. The molecule has 1 aromatic heterocycles. The van der Waals surface area contributed by atoms with Crippen LogP contribution in [0.15, 0.2) is 24.4 Å². The Bertz CT molecular complexity index is 637. The van der Waals surface area contributed by atoms with Crippen LogP contribution in [0.25, 0.3) is 11.3 Å². The zero-order chi connectivity index (χ0) is 16.3. The van der Waals surface area contributed by atoms with Crippen molar-refractivity contribution in [2.45, 2.75) is 33.4 Å². The third kappa shape index (κ3) is 3.81. The number of nitrogens with zero attached hydrogens (tertiary/aromatic N) is 3. The second kappa shape index (κ2) is 7.16. The summed E-state index contributed by atoms with van der Waals surface area (Å²) in [6, 6.07) is 5.92. The van der Waals surface area contributed by atoms with E-state index in [1.807, 2.05) is 50.0 Å². The van der Waals surface area contributed by atoms with Crippen LogP contribution in [0.5, 0.6) is 5.75 Å². The number of benzene rings is 1. The van der Waals surface area contributed by atoms with Gasteiger partial charge in [0.05, 0.1) is 23.0 Å². The first-order valence-electron chi connectivity index (χ1n) is 7.58. The molecule has 0 aliphatic rings. The average molecular weight is 322 g/mol. The van der Waals surface area contributed by atoms with Crippen molar-refractivity contribution in [2.75, 3.05) is 13.6 Å². The summed E-state index contributed by atoms with van der Waals surface area (Å²) in [5.74, 6) is 0.717. The predicted octanol–water partition coefficient (Wildman–Crippen LogP) is 3.98. The molecule has 0 atom stereocenters. The van der Waals surface area contributed by atoms with Crippen LogP contribution in [0.3, 0.4) is 0 Å². The number of aromatic nitrogens is 2. The van der Waals surface area contributed by atoms with Crippen molar-refractivity contribution in [1.82, 2.24) is 14.7 Å². The minimum atomic E-state index is 0.105. The Kier molecular flexibility index (Phi) is 5.48. The Labute approximate surface area is 137 Å². The summed E-state index contributed by atoms with van der Waals surface area (Å²) >= 11 is 6.36. The Morgan fingerprint density at radius 2 is 2.09 bits per heavy atom. The molecule has 0 saturated carbocycles. The number of rotatable bonds is 6. The van der Waals surface area contributed by atoms with Gasteiger partial charge in [-0.05, 0) is 45.6 Å². The van der Waals surface area contributed by atoms with Crippen molar-refractivity contribution < 1.29 is 4.74 Å². The summed E-state index contributed by atoms with van der Waals surface area (Å²) in [5, 5.41) is 5.02. The maximum absolute atomic E-state index is 6.36. The van der Waals surface area contributed by atoms with Crippen LogP contribution in [-0.2, 0) is 13.6 Å². The molecule has 0 aliphatic carbocycles. The van der Waals surface area contributed by atoms with Gasteiger partial charge in [-0.15, -0.1) is 0 Å². The summed E-state index contributed by atoms with van der Waals surface area (Å²) in [4.78, 5) is 2.25. The summed E-state index contributed by atoms with van der Waals surface area (Å²) in [5.41, 5.74) is 3.35. The maximum Gasteiger partial charge on any atom is 0.138 e. The van der Waals surface area contributed by atoms with Gasteiger partial charge in [-0.3, -0.25) is 4.68 Å². The van der Waals surface area contributed by atoms with E-state index < -0.39 is 0 Å². The molecule has 0 fully saturated rings. The molecule has 1 aromatic carbocycles. The molecule has 2 rings (SSSR count). The van der Waals surface area contributed by atoms with Gasteiger partial charge in [0, 0.05) is 24.7 Å². The van der Waals surface area contributed by atoms with E-state index in [-0.39, 0.29) is 6.10 Å². The fraction of sp³-hybridized carbons (Fsp3) is 0.471. The Hall–Kier alpha value is -1.52. The van der Waals surface area contributed by atoms with Gasteiger partial charge in [0.25, 0.3) is 0 Å². The Morgan fingerprint density at radius 1 is 1.36 bits per heavy atom. The Balaban J connectivity index is 2.36. The number of aryl methyl sites for hydroxylation is 1.